The summed E-state index contributed by atoms with van der Waals surface area (Å²) >= 11 is 0. The maximum absolute atomic E-state index is 11.3. The van der Waals surface area contributed by atoms with E-state index in [0.717, 1.165) is 0 Å². The second-order valence-corrected chi connectivity index (χ2v) is 6.77. The van der Waals surface area contributed by atoms with Crippen molar-refractivity contribution in [1.29, 1.82) is 0 Å². The molecule has 188 valence electrons. The number of carbonyl (C=O) groups is 2. The van der Waals surface area contributed by atoms with Crippen molar-refractivity contribution in [2.24, 2.45) is 11.5 Å². The molecule has 1 aliphatic rings. The Morgan fingerprint density at radius 2 is 1.15 bits per heavy atom. The van der Waals surface area contributed by atoms with E-state index in [4.69, 9.17) is 39.9 Å². The standard InChI is InChI=1S/C20H30N2O10.Pt/c21-17(20(22,18(23)24)19(25)26)14-1-2-15-16(13-14)32-12-10-30-8-6-28-4-3-27-5-7-29-9-11-31-15;/h1-2,13,17H,3-12,21-22H2,(H,23,24)(H,25,26);/q;+2/p-2. The van der Waals surface area contributed by atoms with Crippen LogP contribution in [0.15, 0.2) is 18.2 Å². The van der Waals surface area contributed by atoms with E-state index in [0.29, 0.717) is 45.4 Å². The molecule has 33 heavy (non-hydrogen) atoms. The number of nitrogens with two attached hydrogens (primary N) is 2. The summed E-state index contributed by atoms with van der Waals surface area (Å²) in [7, 11) is 0. The maximum Gasteiger partial charge on any atom is 2.00 e. The summed E-state index contributed by atoms with van der Waals surface area (Å²) < 4.78 is 32.9. The number of ether oxygens (including phenoxy) is 6. The van der Waals surface area contributed by atoms with Crippen molar-refractivity contribution in [2.75, 3.05) is 66.1 Å². The van der Waals surface area contributed by atoms with Gasteiger partial charge in [0.15, 0.2) is 11.5 Å². The third-order valence-electron chi connectivity index (χ3n) is 4.58. The Labute approximate surface area is 205 Å². The van der Waals surface area contributed by atoms with Crippen LogP contribution < -0.4 is 31.2 Å². The molecule has 0 radical (unpaired) electrons. The zero-order valence-electron chi connectivity index (χ0n) is 17.9. The second-order valence-electron chi connectivity index (χ2n) is 6.77. The van der Waals surface area contributed by atoms with Crippen molar-refractivity contribution in [3.8, 4) is 11.5 Å². The van der Waals surface area contributed by atoms with Crippen LogP contribution in [0, 0.1) is 0 Å². The molecule has 1 atom stereocenters. The SMILES string of the molecule is NC(c1ccc2c(c1)OCCOCCOCCOCCOCCO2)C(N)(C(=O)[O-])C(=O)[O-].[Pt+2]. The Balaban J connectivity index is 0.00000544. The molecule has 13 heteroatoms. The van der Waals surface area contributed by atoms with E-state index in [2.05, 4.69) is 0 Å². The zero-order chi connectivity index (χ0) is 23.4. The minimum absolute atomic E-state index is 0. The van der Waals surface area contributed by atoms with Crippen molar-refractivity contribution < 1.29 is 69.3 Å². The Kier molecular flexibility index (Phi) is 13.4. The summed E-state index contributed by atoms with van der Waals surface area (Å²) in [5, 5.41) is 22.7. The molecule has 0 spiro atoms. The maximum atomic E-state index is 11.3. The van der Waals surface area contributed by atoms with E-state index in [-0.39, 0.29) is 58.8 Å². The third kappa shape index (κ3) is 8.82. The topological polar surface area (TPSA) is 188 Å². The normalized spacial score (nSPS) is 18.1. The first-order valence-corrected chi connectivity index (χ1v) is 10.0. The predicted molar refractivity (Wildman–Crippen MR) is 105 cm³/mol. The molecule has 2 rings (SSSR count). The van der Waals surface area contributed by atoms with E-state index in [1.54, 1.807) is 0 Å². The summed E-state index contributed by atoms with van der Waals surface area (Å²) in [4.78, 5) is 22.7. The summed E-state index contributed by atoms with van der Waals surface area (Å²) in [5.41, 5.74) is 8.46. The Bertz CT molecular complexity index is 738. The van der Waals surface area contributed by atoms with Crippen LogP contribution in [0.3, 0.4) is 0 Å². The number of hydrogen-bond acceptors (Lipinski definition) is 12. The number of aliphatic carboxylic acids is 2. The van der Waals surface area contributed by atoms with Gasteiger partial charge in [-0.25, -0.2) is 0 Å². The van der Waals surface area contributed by atoms with Gasteiger partial charge in [-0.3, -0.25) is 0 Å². The van der Waals surface area contributed by atoms with Crippen LogP contribution in [0.5, 0.6) is 11.5 Å². The van der Waals surface area contributed by atoms with Crippen LogP contribution in [0.25, 0.3) is 0 Å². The van der Waals surface area contributed by atoms with Gasteiger partial charge in [0.2, 0.25) is 0 Å². The average Bonchev–Trinajstić information content (AvgIpc) is 2.77. The van der Waals surface area contributed by atoms with Crippen LogP contribution in [0.1, 0.15) is 11.6 Å². The minimum Gasteiger partial charge on any atom is -0.548 e. The van der Waals surface area contributed by atoms with Gasteiger partial charge in [-0.15, -0.1) is 0 Å². The van der Waals surface area contributed by atoms with Crippen molar-refractivity contribution in [3.05, 3.63) is 23.8 Å². The summed E-state index contributed by atoms with van der Waals surface area (Å²) in [6.45, 7) is 3.29. The minimum atomic E-state index is -2.94. The molecule has 0 aliphatic carbocycles. The number of rotatable bonds is 4. The molecule has 1 unspecified atom stereocenters. The average molecular weight is 652 g/mol. The second kappa shape index (κ2) is 15.2. The first-order valence-electron chi connectivity index (χ1n) is 10.0. The number of carboxylic acid groups (broad SMARTS) is 2. The van der Waals surface area contributed by atoms with Gasteiger partial charge in [0.1, 0.15) is 18.8 Å². The van der Waals surface area contributed by atoms with E-state index in [1.807, 2.05) is 0 Å². The van der Waals surface area contributed by atoms with E-state index >= 15 is 0 Å². The molecule has 0 saturated carbocycles. The van der Waals surface area contributed by atoms with Crippen LogP contribution in [-0.4, -0.2) is 83.5 Å². The van der Waals surface area contributed by atoms with Gasteiger partial charge in [-0.2, -0.15) is 0 Å². The van der Waals surface area contributed by atoms with Gasteiger partial charge in [0.05, 0.1) is 70.8 Å². The largest absolute Gasteiger partial charge is 2.00 e. The molecule has 0 amide bonds. The van der Waals surface area contributed by atoms with Crippen molar-refractivity contribution >= 4 is 11.9 Å². The van der Waals surface area contributed by atoms with E-state index < -0.39 is 23.5 Å². The molecule has 0 aromatic heterocycles. The van der Waals surface area contributed by atoms with Gasteiger partial charge in [0, 0.05) is 0 Å². The first kappa shape index (κ1) is 29.2. The molecule has 0 saturated heterocycles. The number of hydrogen-bond donors (Lipinski definition) is 2. The Morgan fingerprint density at radius 1 is 0.758 bits per heavy atom. The van der Waals surface area contributed by atoms with E-state index in [1.165, 1.54) is 18.2 Å². The number of fused-ring (bicyclic) bond motifs is 1. The molecule has 0 fully saturated rings. The molecule has 1 aromatic rings. The predicted octanol–water partition coefficient (Wildman–Crippen LogP) is -3.28. The van der Waals surface area contributed by atoms with Crippen molar-refractivity contribution in [1.82, 2.24) is 0 Å². The van der Waals surface area contributed by atoms with Gasteiger partial charge < -0.3 is 59.7 Å². The Morgan fingerprint density at radius 3 is 1.58 bits per heavy atom. The van der Waals surface area contributed by atoms with Crippen LogP contribution in [0.4, 0.5) is 0 Å². The van der Waals surface area contributed by atoms with Crippen LogP contribution >= 0.6 is 0 Å². The van der Waals surface area contributed by atoms with Crippen molar-refractivity contribution in [3.63, 3.8) is 0 Å². The summed E-state index contributed by atoms with van der Waals surface area (Å²) in [6, 6.07) is 2.53. The molecular formula is C20H28N2O10Pt. The van der Waals surface area contributed by atoms with Crippen LogP contribution in [0.2, 0.25) is 0 Å². The Hall–Kier alpha value is -1.79. The number of carboxylic acids is 2. The summed E-state index contributed by atoms with van der Waals surface area (Å²) in [5.74, 6) is -3.63. The monoisotopic (exact) mass is 651 g/mol. The first-order chi connectivity index (χ1) is 15.4. The van der Waals surface area contributed by atoms with Crippen LogP contribution in [-0.2, 0) is 49.6 Å². The number of carbonyl (C=O) groups excluding carboxylic acids is 2. The van der Waals surface area contributed by atoms with Gasteiger partial charge in [0.25, 0.3) is 0 Å². The molecule has 1 aromatic carbocycles. The van der Waals surface area contributed by atoms with Gasteiger partial charge >= 0.3 is 21.1 Å². The van der Waals surface area contributed by atoms with E-state index in [9.17, 15) is 19.8 Å². The van der Waals surface area contributed by atoms with Gasteiger partial charge in [-0.05, 0) is 17.7 Å². The fourth-order valence-electron chi connectivity index (χ4n) is 2.73. The van der Waals surface area contributed by atoms with Gasteiger partial charge in [-0.1, -0.05) is 6.07 Å². The molecule has 1 heterocycles. The molecule has 4 N–H and O–H groups in total. The fourth-order valence-corrected chi connectivity index (χ4v) is 2.73. The molecule has 1 aliphatic heterocycles. The smallest absolute Gasteiger partial charge is 0.548 e. The fraction of sp³-hybridized carbons (Fsp3) is 0.600. The number of benzene rings is 1. The quantitative estimate of drug-likeness (QED) is 0.310. The zero-order valence-corrected chi connectivity index (χ0v) is 20.2. The molecule has 0 bridgehead atoms. The molecular weight excluding hydrogens is 623 g/mol. The summed E-state index contributed by atoms with van der Waals surface area (Å²) in [6.07, 6.45) is 0. The molecule has 12 nitrogen and oxygen atoms in total. The third-order valence-corrected chi connectivity index (χ3v) is 4.58. The van der Waals surface area contributed by atoms with Crippen molar-refractivity contribution in [2.45, 2.75) is 11.6 Å².